The zero-order chi connectivity index (χ0) is 20.2. The third kappa shape index (κ3) is 4.15. The zero-order valence-corrected chi connectivity index (χ0v) is 16.8. The van der Waals surface area contributed by atoms with E-state index in [1.54, 1.807) is 43.7 Å². The molecule has 0 saturated heterocycles. The molecule has 1 aliphatic rings. The van der Waals surface area contributed by atoms with Gasteiger partial charge in [0.2, 0.25) is 0 Å². The first-order chi connectivity index (χ1) is 14.2. The largest absolute Gasteiger partial charge is 0.466 e. The predicted molar refractivity (Wildman–Crippen MR) is 109 cm³/mol. The molecule has 0 atom stereocenters. The van der Waals surface area contributed by atoms with Crippen molar-refractivity contribution in [2.45, 2.75) is 16.5 Å². The summed E-state index contributed by atoms with van der Waals surface area (Å²) in [4.78, 5) is 27.6. The van der Waals surface area contributed by atoms with Gasteiger partial charge in [0, 0.05) is 43.2 Å². The quantitative estimate of drug-likeness (QED) is 0.454. The summed E-state index contributed by atoms with van der Waals surface area (Å²) < 4.78 is 12.0. The van der Waals surface area contributed by atoms with Crippen LogP contribution in [0.5, 0.6) is 0 Å². The highest BCUT2D eigenvalue weighted by molar-refractivity contribution is 7.99. The number of carbonyl (C=O) groups is 1. The average Bonchev–Trinajstić information content (AvgIpc) is 3.19. The molecule has 0 aliphatic carbocycles. The molecule has 0 unspecified atom stereocenters. The van der Waals surface area contributed by atoms with Gasteiger partial charge in [-0.15, -0.1) is 0 Å². The number of nitrogens with zero attached hydrogens (tertiary/aromatic N) is 5. The van der Waals surface area contributed by atoms with E-state index in [9.17, 15) is 4.79 Å². The first-order valence-electron chi connectivity index (χ1n) is 8.84. The second kappa shape index (κ2) is 8.46. The summed E-state index contributed by atoms with van der Waals surface area (Å²) in [5, 5.41) is 0.862. The topological polar surface area (TPSA) is 82.4 Å². The molecule has 0 bridgehead atoms. The molecule has 0 radical (unpaired) electrons. The summed E-state index contributed by atoms with van der Waals surface area (Å²) in [5.74, 6) is 0.384. The Morgan fingerprint density at radius 1 is 1.21 bits per heavy atom. The van der Waals surface area contributed by atoms with Crippen molar-refractivity contribution in [2.24, 2.45) is 0 Å². The van der Waals surface area contributed by atoms with E-state index < -0.39 is 5.97 Å². The Bertz CT molecular complexity index is 1070. The SMILES string of the molecule is COCN1c2cc(Cn3cnc(/C=C/C(=O)OC)c3)ccc2Sc2nccnc21. The van der Waals surface area contributed by atoms with E-state index in [0.29, 0.717) is 19.0 Å². The number of aromatic nitrogens is 4. The maximum absolute atomic E-state index is 11.2. The van der Waals surface area contributed by atoms with Crippen molar-refractivity contribution in [3.05, 3.63) is 60.5 Å². The van der Waals surface area contributed by atoms with Gasteiger partial charge in [-0.25, -0.2) is 19.7 Å². The van der Waals surface area contributed by atoms with Crippen molar-refractivity contribution in [3.63, 3.8) is 0 Å². The highest BCUT2D eigenvalue weighted by Crippen LogP contribution is 2.46. The normalized spacial score (nSPS) is 12.7. The van der Waals surface area contributed by atoms with Crippen LogP contribution in [0, 0.1) is 0 Å². The first kappa shape index (κ1) is 19.2. The monoisotopic (exact) mass is 409 g/mol. The fraction of sp³-hybridized carbons (Fsp3) is 0.200. The van der Waals surface area contributed by atoms with E-state index in [4.69, 9.17) is 4.74 Å². The number of benzene rings is 1. The molecule has 0 spiro atoms. The molecule has 9 heteroatoms. The van der Waals surface area contributed by atoms with Crippen LogP contribution < -0.4 is 4.90 Å². The van der Waals surface area contributed by atoms with Gasteiger partial charge in [-0.3, -0.25) is 4.90 Å². The lowest BCUT2D eigenvalue weighted by Gasteiger charge is -2.30. The van der Waals surface area contributed by atoms with Crippen molar-refractivity contribution in [3.8, 4) is 0 Å². The van der Waals surface area contributed by atoms with Crippen LogP contribution in [0.2, 0.25) is 0 Å². The maximum Gasteiger partial charge on any atom is 0.330 e. The second-order valence-electron chi connectivity index (χ2n) is 6.26. The predicted octanol–water partition coefficient (Wildman–Crippen LogP) is 3.11. The zero-order valence-electron chi connectivity index (χ0n) is 16.0. The Kier molecular flexibility index (Phi) is 5.59. The van der Waals surface area contributed by atoms with E-state index in [-0.39, 0.29) is 0 Å². The second-order valence-corrected chi connectivity index (χ2v) is 7.29. The third-order valence-corrected chi connectivity index (χ3v) is 5.34. The Morgan fingerprint density at radius 3 is 2.90 bits per heavy atom. The van der Waals surface area contributed by atoms with Crippen LogP contribution in [0.4, 0.5) is 11.5 Å². The summed E-state index contributed by atoms with van der Waals surface area (Å²) >= 11 is 1.60. The summed E-state index contributed by atoms with van der Waals surface area (Å²) in [6, 6.07) is 6.30. The molecule has 1 aromatic carbocycles. The Hall–Kier alpha value is -3.17. The minimum absolute atomic E-state index is 0.385. The molecular formula is C20H19N5O3S. The van der Waals surface area contributed by atoms with Gasteiger partial charge in [0.25, 0.3) is 0 Å². The maximum atomic E-state index is 11.2. The van der Waals surface area contributed by atoms with Gasteiger partial charge >= 0.3 is 5.97 Å². The molecule has 0 N–H and O–H groups in total. The summed E-state index contributed by atoms with van der Waals surface area (Å²) in [6.45, 7) is 1.03. The smallest absolute Gasteiger partial charge is 0.330 e. The molecule has 1 aliphatic heterocycles. The first-order valence-corrected chi connectivity index (χ1v) is 9.65. The van der Waals surface area contributed by atoms with Gasteiger partial charge in [0.1, 0.15) is 11.8 Å². The van der Waals surface area contributed by atoms with Gasteiger partial charge in [-0.1, -0.05) is 17.8 Å². The number of esters is 1. The van der Waals surface area contributed by atoms with Gasteiger partial charge in [0.15, 0.2) is 5.82 Å². The molecule has 8 nitrogen and oxygen atoms in total. The molecule has 3 aromatic rings. The van der Waals surface area contributed by atoms with Gasteiger partial charge < -0.3 is 14.0 Å². The van der Waals surface area contributed by atoms with Crippen LogP contribution in [-0.2, 0) is 20.8 Å². The molecule has 29 heavy (non-hydrogen) atoms. The van der Waals surface area contributed by atoms with Gasteiger partial charge in [-0.2, -0.15) is 0 Å². The van der Waals surface area contributed by atoms with Crippen LogP contribution in [0.3, 0.4) is 0 Å². The van der Waals surface area contributed by atoms with Crippen molar-refractivity contribution in [2.75, 3.05) is 25.9 Å². The number of carbonyl (C=O) groups excluding carboxylic acids is 1. The van der Waals surface area contributed by atoms with Gasteiger partial charge in [-0.05, 0) is 23.8 Å². The highest BCUT2D eigenvalue weighted by Gasteiger charge is 2.25. The number of imidazole rings is 1. The highest BCUT2D eigenvalue weighted by atomic mass is 32.2. The number of fused-ring (bicyclic) bond motifs is 2. The Labute approximate surface area is 172 Å². The molecule has 2 aromatic heterocycles. The Balaban J connectivity index is 1.57. The van der Waals surface area contributed by atoms with Gasteiger partial charge in [0.05, 0.1) is 24.8 Å². The fourth-order valence-corrected chi connectivity index (χ4v) is 3.98. The summed E-state index contributed by atoms with van der Waals surface area (Å²) in [7, 11) is 3.01. The number of anilines is 2. The van der Waals surface area contributed by atoms with Crippen molar-refractivity contribution >= 4 is 35.3 Å². The molecule has 0 saturated carbocycles. The minimum Gasteiger partial charge on any atom is -0.466 e. The number of ether oxygens (including phenoxy) is 2. The van der Waals surface area contributed by atoms with E-state index in [2.05, 4.69) is 37.9 Å². The average molecular weight is 409 g/mol. The van der Waals surface area contributed by atoms with Crippen molar-refractivity contribution in [1.29, 1.82) is 0 Å². The van der Waals surface area contributed by atoms with E-state index >= 15 is 0 Å². The third-order valence-electron chi connectivity index (χ3n) is 4.29. The number of methoxy groups -OCH3 is 2. The number of hydrogen-bond donors (Lipinski definition) is 0. The van der Waals surface area contributed by atoms with Crippen molar-refractivity contribution in [1.82, 2.24) is 19.5 Å². The molecule has 0 fully saturated rings. The van der Waals surface area contributed by atoms with Crippen LogP contribution in [-0.4, -0.2) is 46.4 Å². The number of hydrogen-bond acceptors (Lipinski definition) is 8. The lowest BCUT2D eigenvalue weighted by atomic mass is 10.2. The van der Waals surface area contributed by atoms with Crippen LogP contribution in [0.1, 0.15) is 11.3 Å². The van der Waals surface area contributed by atoms with Crippen molar-refractivity contribution < 1.29 is 14.3 Å². The van der Waals surface area contributed by atoms with Crippen LogP contribution in [0.25, 0.3) is 6.08 Å². The minimum atomic E-state index is -0.409. The standard InChI is InChI=1S/C20H19N5O3S/c1-27-13-25-16-9-14(3-5-17(16)29-20-19(25)21-7-8-22-20)10-24-11-15(23-12-24)4-6-18(26)28-2/h3-9,11-12H,10,13H2,1-2H3/b6-4+. The van der Waals surface area contributed by atoms with E-state index in [1.165, 1.54) is 13.2 Å². The number of rotatable bonds is 6. The van der Waals surface area contributed by atoms with E-state index in [1.807, 2.05) is 15.7 Å². The lowest BCUT2D eigenvalue weighted by molar-refractivity contribution is -0.134. The molecule has 148 valence electrons. The molecule has 4 rings (SSSR count). The Morgan fingerprint density at radius 2 is 2.07 bits per heavy atom. The lowest BCUT2D eigenvalue weighted by Crippen LogP contribution is -2.24. The van der Waals surface area contributed by atoms with E-state index in [0.717, 1.165) is 27.0 Å². The molecular weight excluding hydrogens is 390 g/mol. The molecule has 3 heterocycles. The fourth-order valence-electron chi connectivity index (χ4n) is 2.99. The summed E-state index contributed by atoms with van der Waals surface area (Å²) in [6.07, 6.45) is 9.97. The summed E-state index contributed by atoms with van der Waals surface area (Å²) in [5.41, 5.74) is 2.83. The van der Waals surface area contributed by atoms with Crippen LogP contribution in [0.15, 0.2) is 59.1 Å². The van der Waals surface area contributed by atoms with Crippen LogP contribution >= 0.6 is 11.8 Å². The molecule has 0 amide bonds.